The van der Waals surface area contributed by atoms with E-state index in [1.807, 2.05) is 69.3 Å². The number of hydrogen-bond donors (Lipinski definition) is 2. The van der Waals surface area contributed by atoms with Crippen LogP contribution in [0.4, 0.5) is 11.4 Å². The average molecular weight is 399 g/mol. The van der Waals surface area contributed by atoms with Crippen molar-refractivity contribution in [1.82, 2.24) is 0 Å². The first-order valence-electron chi connectivity index (χ1n) is 9.55. The summed E-state index contributed by atoms with van der Waals surface area (Å²) in [6, 6.07) is 15.5. The van der Waals surface area contributed by atoms with E-state index in [-0.39, 0.29) is 17.2 Å². The van der Waals surface area contributed by atoms with E-state index in [9.17, 15) is 9.59 Å². The summed E-state index contributed by atoms with van der Waals surface area (Å²) in [5, 5.41) is 5.85. The fourth-order valence-corrected chi connectivity index (χ4v) is 3.40. The third-order valence-electron chi connectivity index (χ3n) is 4.04. The highest BCUT2D eigenvalue weighted by molar-refractivity contribution is 8.00. The molecule has 0 aliphatic rings. The maximum absolute atomic E-state index is 12.2. The first kappa shape index (κ1) is 22.0. The lowest BCUT2D eigenvalue weighted by molar-refractivity contribution is -0.118. The zero-order chi connectivity index (χ0) is 20.7. The van der Waals surface area contributed by atoms with Crippen molar-refractivity contribution in [3.63, 3.8) is 0 Å². The molecular weight excluding hydrogens is 368 g/mol. The lowest BCUT2D eigenvalue weighted by Gasteiger charge is -2.17. The van der Waals surface area contributed by atoms with Crippen LogP contribution in [-0.4, -0.2) is 17.6 Å². The van der Waals surface area contributed by atoms with Gasteiger partial charge in [0.15, 0.2) is 0 Å². The van der Waals surface area contributed by atoms with Crippen molar-refractivity contribution in [2.24, 2.45) is 5.41 Å². The highest BCUT2D eigenvalue weighted by Gasteiger charge is 2.16. The molecule has 0 fully saturated rings. The molecule has 2 N–H and O–H groups in total. The van der Waals surface area contributed by atoms with Crippen molar-refractivity contribution in [1.29, 1.82) is 0 Å². The second kappa shape index (κ2) is 9.78. The van der Waals surface area contributed by atoms with Crippen LogP contribution in [0.15, 0.2) is 53.4 Å². The maximum atomic E-state index is 12.2. The lowest BCUT2D eigenvalue weighted by Crippen LogP contribution is -2.19. The number of carbonyl (C=O) groups is 2. The van der Waals surface area contributed by atoms with Crippen LogP contribution < -0.4 is 10.6 Å². The van der Waals surface area contributed by atoms with Crippen LogP contribution in [0.1, 0.15) is 52.5 Å². The molecule has 0 bridgehead atoms. The summed E-state index contributed by atoms with van der Waals surface area (Å²) < 4.78 is 0. The molecule has 2 aromatic carbocycles. The summed E-state index contributed by atoms with van der Waals surface area (Å²) in [6.07, 6.45) is 0.461. The Labute approximate surface area is 172 Å². The molecule has 5 heteroatoms. The van der Waals surface area contributed by atoms with Crippen LogP contribution in [0.25, 0.3) is 0 Å². The molecule has 4 nitrogen and oxygen atoms in total. The third kappa shape index (κ3) is 7.77. The Bertz CT molecular complexity index is 808. The Morgan fingerprint density at radius 3 is 2.18 bits per heavy atom. The van der Waals surface area contributed by atoms with E-state index in [4.69, 9.17) is 0 Å². The molecule has 0 aliphatic carbocycles. The van der Waals surface area contributed by atoms with E-state index in [2.05, 4.69) is 24.5 Å². The van der Waals surface area contributed by atoms with Gasteiger partial charge in [-0.15, -0.1) is 11.8 Å². The van der Waals surface area contributed by atoms with Gasteiger partial charge in [-0.1, -0.05) is 52.8 Å². The number of carbonyl (C=O) groups excluding carboxylic acids is 2. The Kier molecular flexibility index (Phi) is 7.69. The lowest BCUT2D eigenvalue weighted by atomic mass is 9.92. The Hall–Kier alpha value is -2.27. The van der Waals surface area contributed by atoms with Gasteiger partial charge in [0.25, 0.3) is 0 Å². The van der Waals surface area contributed by atoms with E-state index >= 15 is 0 Å². The fraction of sp³-hybridized carbons (Fsp3) is 0.391. The summed E-state index contributed by atoms with van der Waals surface area (Å²) in [5.41, 5.74) is 2.75. The van der Waals surface area contributed by atoms with Crippen LogP contribution in [-0.2, 0) is 9.59 Å². The molecule has 28 heavy (non-hydrogen) atoms. The number of rotatable bonds is 7. The van der Waals surface area contributed by atoms with E-state index < -0.39 is 0 Å². The minimum absolute atomic E-state index is 0.00256. The predicted molar refractivity (Wildman–Crippen MR) is 119 cm³/mol. The number of nitrogens with one attached hydrogen (secondary N) is 2. The molecule has 0 unspecified atom stereocenters. The van der Waals surface area contributed by atoms with E-state index in [0.717, 1.165) is 16.3 Å². The van der Waals surface area contributed by atoms with Crippen molar-refractivity contribution in [2.45, 2.75) is 51.9 Å². The summed E-state index contributed by atoms with van der Waals surface area (Å²) in [7, 11) is 0. The summed E-state index contributed by atoms with van der Waals surface area (Å²) in [5.74, 6) is 0.726. The predicted octanol–water partition coefficient (Wildman–Crippen LogP) is 5.92. The molecule has 0 aromatic heterocycles. The quantitative estimate of drug-likeness (QED) is 0.570. The second-order valence-corrected chi connectivity index (χ2v) is 9.48. The van der Waals surface area contributed by atoms with Gasteiger partial charge >= 0.3 is 0 Å². The van der Waals surface area contributed by atoms with Crippen molar-refractivity contribution in [2.75, 3.05) is 16.4 Å². The van der Waals surface area contributed by atoms with Crippen LogP contribution in [0.5, 0.6) is 0 Å². The van der Waals surface area contributed by atoms with Crippen LogP contribution in [0.2, 0.25) is 0 Å². The van der Waals surface area contributed by atoms with Gasteiger partial charge < -0.3 is 10.6 Å². The summed E-state index contributed by atoms with van der Waals surface area (Å²) in [4.78, 5) is 25.3. The summed E-state index contributed by atoms with van der Waals surface area (Å²) in [6.45, 7) is 10.4. The van der Waals surface area contributed by atoms with Gasteiger partial charge in [-0.3, -0.25) is 9.59 Å². The van der Waals surface area contributed by atoms with Crippen molar-refractivity contribution < 1.29 is 9.59 Å². The molecule has 2 aromatic rings. The topological polar surface area (TPSA) is 58.2 Å². The van der Waals surface area contributed by atoms with E-state index in [1.165, 1.54) is 17.3 Å². The van der Waals surface area contributed by atoms with Gasteiger partial charge in [0.05, 0.1) is 5.75 Å². The maximum Gasteiger partial charge on any atom is 0.234 e. The van der Waals surface area contributed by atoms with Gasteiger partial charge in [0, 0.05) is 22.7 Å². The van der Waals surface area contributed by atoms with Crippen LogP contribution in [0, 0.1) is 5.41 Å². The van der Waals surface area contributed by atoms with Gasteiger partial charge in [-0.2, -0.15) is 0 Å². The Morgan fingerprint density at radius 2 is 1.57 bits per heavy atom. The van der Waals surface area contributed by atoms with Gasteiger partial charge in [-0.05, 0) is 47.2 Å². The van der Waals surface area contributed by atoms with Crippen molar-refractivity contribution in [3.8, 4) is 0 Å². The SMILES string of the molecule is CC(C)c1ccc(NC(=O)CSc2cccc(NC(=O)CC(C)(C)C)c2)cc1. The van der Waals surface area contributed by atoms with Crippen LogP contribution >= 0.6 is 11.8 Å². The van der Waals surface area contributed by atoms with Gasteiger partial charge in [0.1, 0.15) is 0 Å². The van der Waals surface area contributed by atoms with E-state index in [1.54, 1.807) is 0 Å². The first-order chi connectivity index (χ1) is 13.1. The third-order valence-corrected chi connectivity index (χ3v) is 5.03. The Balaban J connectivity index is 1.86. The number of amides is 2. The first-order valence-corrected chi connectivity index (χ1v) is 10.5. The van der Waals surface area contributed by atoms with Gasteiger partial charge in [-0.25, -0.2) is 0 Å². The standard InChI is InChI=1S/C23H30N2O2S/c1-16(2)17-9-11-18(12-10-17)24-22(27)15-28-20-8-6-7-19(13-20)25-21(26)14-23(3,4)5/h6-13,16H,14-15H2,1-5H3,(H,24,27)(H,25,26). The Morgan fingerprint density at radius 1 is 0.929 bits per heavy atom. The van der Waals surface area contributed by atoms with Crippen LogP contribution in [0.3, 0.4) is 0 Å². The molecule has 2 amide bonds. The van der Waals surface area contributed by atoms with Crippen molar-refractivity contribution in [3.05, 3.63) is 54.1 Å². The number of anilines is 2. The molecule has 0 saturated carbocycles. The van der Waals surface area contributed by atoms with E-state index in [0.29, 0.717) is 18.1 Å². The highest BCUT2D eigenvalue weighted by atomic mass is 32.2. The highest BCUT2D eigenvalue weighted by Crippen LogP contribution is 2.24. The minimum Gasteiger partial charge on any atom is -0.326 e. The van der Waals surface area contributed by atoms with Gasteiger partial charge in [0.2, 0.25) is 11.8 Å². The largest absolute Gasteiger partial charge is 0.326 e. The minimum atomic E-state index is -0.0537. The number of thioether (sulfide) groups is 1. The zero-order valence-electron chi connectivity index (χ0n) is 17.3. The molecule has 0 saturated heterocycles. The molecule has 0 radical (unpaired) electrons. The zero-order valence-corrected chi connectivity index (χ0v) is 18.2. The number of hydrogen-bond acceptors (Lipinski definition) is 3. The second-order valence-electron chi connectivity index (χ2n) is 8.43. The monoisotopic (exact) mass is 398 g/mol. The average Bonchev–Trinajstić information content (AvgIpc) is 2.59. The smallest absolute Gasteiger partial charge is 0.234 e. The molecule has 0 aliphatic heterocycles. The molecular formula is C23H30N2O2S. The summed E-state index contributed by atoms with van der Waals surface area (Å²) >= 11 is 1.45. The van der Waals surface area contributed by atoms with Crippen molar-refractivity contribution >= 4 is 35.0 Å². The molecule has 150 valence electrons. The number of benzene rings is 2. The molecule has 2 rings (SSSR count). The molecule has 0 atom stereocenters. The fourth-order valence-electron chi connectivity index (χ4n) is 2.65. The normalized spacial score (nSPS) is 11.4. The molecule has 0 spiro atoms. The molecule has 0 heterocycles.